The third-order valence-electron chi connectivity index (χ3n) is 5.58. The smallest absolute Gasteiger partial charge is 0.228 e. The third-order valence-corrected chi connectivity index (χ3v) is 5.58. The van der Waals surface area contributed by atoms with Crippen LogP contribution in [-0.2, 0) is 14.3 Å². The van der Waals surface area contributed by atoms with E-state index in [1.807, 2.05) is 0 Å². The van der Waals surface area contributed by atoms with Crippen LogP contribution in [0.3, 0.4) is 0 Å². The number of carbonyl (C=O) groups excluding carboxylic acids is 2. The molecular formula is C22H25N7O3. The van der Waals surface area contributed by atoms with Crippen molar-refractivity contribution >= 4 is 23.7 Å². The molecule has 0 radical (unpaired) electrons. The van der Waals surface area contributed by atoms with Crippen molar-refractivity contribution in [2.24, 2.45) is 5.92 Å². The van der Waals surface area contributed by atoms with Crippen LogP contribution in [0.2, 0.25) is 0 Å². The van der Waals surface area contributed by atoms with Gasteiger partial charge in [0.2, 0.25) is 5.91 Å². The Morgan fingerprint density at radius 2 is 2.19 bits per heavy atom. The molecule has 3 heterocycles. The van der Waals surface area contributed by atoms with Crippen LogP contribution in [0.15, 0.2) is 24.7 Å². The zero-order valence-corrected chi connectivity index (χ0v) is 17.8. The number of aromatic nitrogens is 3. The van der Waals surface area contributed by atoms with E-state index in [1.165, 1.54) is 12.4 Å². The van der Waals surface area contributed by atoms with Crippen LogP contribution in [0.5, 0.6) is 0 Å². The fraction of sp³-hybridized carbons (Fsp3) is 0.455. The quantitative estimate of drug-likeness (QED) is 0.591. The second-order valence-electron chi connectivity index (χ2n) is 8.09. The monoisotopic (exact) mass is 435 g/mol. The lowest BCUT2D eigenvalue weighted by Crippen LogP contribution is -2.48. The van der Waals surface area contributed by atoms with E-state index in [0.29, 0.717) is 42.5 Å². The molecule has 4 rings (SSSR count). The van der Waals surface area contributed by atoms with Crippen molar-refractivity contribution in [2.75, 3.05) is 36.9 Å². The predicted octanol–water partition coefficient (Wildman–Crippen LogP) is 1.46. The second-order valence-corrected chi connectivity index (χ2v) is 8.09. The van der Waals surface area contributed by atoms with Gasteiger partial charge >= 0.3 is 0 Å². The lowest BCUT2D eigenvalue weighted by molar-refractivity contribution is -0.117. The van der Waals surface area contributed by atoms with Gasteiger partial charge in [-0.25, -0.2) is 9.97 Å². The summed E-state index contributed by atoms with van der Waals surface area (Å²) in [5.74, 6) is 0.443. The van der Waals surface area contributed by atoms with Gasteiger partial charge in [-0.3, -0.25) is 14.7 Å². The molecule has 2 fully saturated rings. The molecule has 10 nitrogen and oxygen atoms in total. The van der Waals surface area contributed by atoms with Gasteiger partial charge in [-0.2, -0.15) is 5.26 Å². The minimum absolute atomic E-state index is 0.0342. The van der Waals surface area contributed by atoms with Crippen molar-refractivity contribution in [3.63, 3.8) is 0 Å². The third kappa shape index (κ3) is 5.25. The number of rotatable bonds is 8. The minimum Gasteiger partial charge on any atom is -0.379 e. The fourth-order valence-corrected chi connectivity index (χ4v) is 3.53. The normalized spacial score (nSPS) is 19.6. The number of hydrogen-bond donors (Lipinski definition) is 2. The molecule has 0 unspecified atom stereocenters. The van der Waals surface area contributed by atoms with Gasteiger partial charge in [0.05, 0.1) is 43.0 Å². The molecule has 0 aromatic carbocycles. The van der Waals surface area contributed by atoms with Gasteiger partial charge in [0, 0.05) is 36.8 Å². The number of carbonyl (C=O) groups is 2. The Balaban J connectivity index is 1.48. The summed E-state index contributed by atoms with van der Waals surface area (Å²) in [6.45, 7) is 4.56. The van der Waals surface area contributed by atoms with Crippen LogP contribution in [0.25, 0.3) is 11.3 Å². The van der Waals surface area contributed by atoms with Crippen LogP contribution in [0.1, 0.15) is 25.5 Å². The molecular weight excluding hydrogens is 410 g/mol. The van der Waals surface area contributed by atoms with Crippen LogP contribution in [-0.4, -0.2) is 70.4 Å². The Labute approximate surface area is 186 Å². The molecule has 166 valence electrons. The van der Waals surface area contributed by atoms with Crippen LogP contribution in [0.4, 0.5) is 11.5 Å². The first-order valence-electron chi connectivity index (χ1n) is 10.6. The Morgan fingerprint density at radius 3 is 2.84 bits per heavy atom. The Kier molecular flexibility index (Phi) is 6.68. The molecule has 1 saturated carbocycles. The van der Waals surface area contributed by atoms with Crippen molar-refractivity contribution in [1.82, 2.24) is 19.9 Å². The fourth-order valence-electron chi connectivity index (χ4n) is 3.53. The van der Waals surface area contributed by atoms with Gasteiger partial charge < -0.3 is 20.2 Å². The van der Waals surface area contributed by atoms with Gasteiger partial charge in [-0.05, 0) is 25.8 Å². The number of anilines is 2. The Morgan fingerprint density at radius 1 is 1.34 bits per heavy atom. The Bertz CT molecular complexity index is 1020. The molecule has 2 aliphatic rings. The van der Waals surface area contributed by atoms with E-state index < -0.39 is 6.04 Å². The Hall–Kier alpha value is -3.42. The maximum Gasteiger partial charge on any atom is 0.228 e. The number of nitrogens with zero attached hydrogens (tertiary/aromatic N) is 5. The van der Waals surface area contributed by atoms with Crippen molar-refractivity contribution in [1.29, 1.82) is 5.26 Å². The molecule has 32 heavy (non-hydrogen) atoms. The van der Waals surface area contributed by atoms with E-state index in [2.05, 4.69) is 43.5 Å². The summed E-state index contributed by atoms with van der Waals surface area (Å²) in [5.41, 5.74) is 1.83. The minimum atomic E-state index is -0.509. The first kappa shape index (κ1) is 21.8. The van der Waals surface area contributed by atoms with Crippen LogP contribution in [0, 0.1) is 17.2 Å². The zero-order chi connectivity index (χ0) is 22.5. The summed E-state index contributed by atoms with van der Waals surface area (Å²) in [6, 6.07) is 3.49. The summed E-state index contributed by atoms with van der Waals surface area (Å²) in [4.78, 5) is 38.6. The molecule has 2 N–H and O–H groups in total. The maximum absolute atomic E-state index is 11.9. The number of pyridine rings is 1. The van der Waals surface area contributed by atoms with E-state index in [-0.39, 0.29) is 23.6 Å². The SMILES string of the molecule is C[C@H]1COCCN1C[C@@H](C=O)Nc1cc(-c2cnc(NC(=O)C3CC3)cn2)cnc1C#N. The zero-order valence-electron chi connectivity index (χ0n) is 17.8. The topological polar surface area (TPSA) is 133 Å². The van der Waals surface area contributed by atoms with Crippen molar-refractivity contribution in [3.8, 4) is 17.3 Å². The molecule has 1 aliphatic heterocycles. The highest BCUT2D eigenvalue weighted by Gasteiger charge is 2.29. The van der Waals surface area contributed by atoms with Crippen molar-refractivity contribution < 1.29 is 14.3 Å². The molecule has 1 saturated heterocycles. The standard InChI is InChI=1S/C22H25N7O3/c1-14-13-32-5-4-29(14)11-17(12-30)27-18-6-16(8-24-19(18)7-23)20-9-26-21(10-25-20)28-22(31)15-2-3-15/h6,8-10,12,14-15,17,27H,2-5,11,13H2,1H3,(H,26,28,31)/t14-,17-/m0/s1. The largest absolute Gasteiger partial charge is 0.379 e. The number of hydrogen-bond acceptors (Lipinski definition) is 9. The molecule has 2 aromatic heterocycles. The van der Waals surface area contributed by atoms with Crippen LogP contribution >= 0.6 is 0 Å². The molecule has 0 bridgehead atoms. The summed E-state index contributed by atoms with van der Waals surface area (Å²) in [6.07, 6.45) is 7.24. The average molecular weight is 435 g/mol. The molecule has 1 amide bonds. The number of nitrogens with one attached hydrogen (secondary N) is 2. The highest BCUT2D eigenvalue weighted by atomic mass is 16.5. The van der Waals surface area contributed by atoms with E-state index in [0.717, 1.165) is 25.7 Å². The number of ether oxygens (including phenoxy) is 1. The highest BCUT2D eigenvalue weighted by molar-refractivity contribution is 5.93. The molecule has 2 aromatic rings. The first-order chi connectivity index (χ1) is 15.6. The van der Waals surface area contributed by atoms with Gasteiger partial charge in [0.1, 0.15) is 12.4 Å². The van der Waals surface area contributed by atoms with E-state index in [1.54, 1.807) is 12.3 Å². The summed E-state index contributed by atoms with van der Waals surface area (Å²) in [7, 11) is 0. The van der Waals surface area contributed by atoms with Gasteiger partial charge in [-0.15, -0.1) is 0 Å². The average Bonchev–Trinajstić information content (AvgIpc) is 3.66. The predicted molar refractivity (Wildman–Crippen MR) is 117 cm³/mol. The highest BCUT2D eigenvalue weighted by Crippen LogP contribution is 2.30. The molecule has 10 heteroatoms. The molecule has 2 atom stereocenters. The summed E-state index contributed by atoms with van der Waals surface area (Å²) in [5, 5.41) is 15.4. The summed E-state index contributed by atoms with van der Waals surface area (Å²) < 4.78 is 5.45. The van der Waals surface area contributed by atoms with Gasteiger partial charge in [-0.1, -0.05) is 0 Å². The summed E-state index contributed by atoms with van der Waals surface area (Å²) >= 11 is 0. The lowest BCUT2D eigenvalue weighted by atomic mass is 10.1. The number of aldehydes is 1. The molecule has 1 aliphatic carbocycles. The van der Waals surface area contributed by atoms with Gasteiger partial charge in [0.25, 0.3) is 0 Å². The van der Waals surface area contributed by atoms with E-state index in [9.17, 15) is 14.9 Å². The van der Waals surface area contributed by atoms with Gasteiger partial charge in [0.15, 0.2) is 11.5 Å². The number of amides is 1. The first-order valence-corrected chi connectivity index (χ1v) is 10.6. The van der Waals surface area contributed by atoms with Crippen molar-refractivity contribution in [3.05, 3.63) is 30.4 Å². The lowest BCUT2D eigenvalue weighted by Gasteiger charge is -2.34. The van der Waals surface area contributed by atoms with Crippen molar-refractivity contribution in [2.45, 2.75) is 31.8 Å². The number of morpholine rings is 1. The van der Waals surface area contributed by atoms with E-state index in [4.69, 9.17) is 4.74 Å². The van der Waals surface area contributed by atoms with Crippen LogP contribution < -0.4 is 10.6 Å². The maximum atomic E-state index is 11.9. The van der Waals surface area contributed by atoms with E-state index >= 15 is 0 Å². The number of nitriles is 1. The second kappa shape index (κ2) is 9.80. The molecule has 0 spiro atoms.